The fourth-order valence-corrected chi connectivity index (χ4v) is 5.45. The molecule has 2 fully saturated rings. The fourth-order valence-electron chi connectivity index (χ4n) is 5.45. The number of rotatable bonds is 7. The van der Waals surface area contributed by atoms with Crippen LogP contribution >= 0.6 is 0 Å². The van der Waals surface area contributed by atoms with Gasteiger partial charge >= 0.3 is 0 Å². The first kappa shape index (κ1) is 25.3. The van der Waals surface area contributed by atoms with E-state index in [1.165, 1.54) is 6.33 Å². The molecule has 2 aromatic carbocycles. The van der Waals surface area contributed by atoms with Crippen LogP contribution in [0.3, 0.4) is 0 Å². The molecule has 2 aromatic heterocycles. The van der Waals surface area contributed by atoms with Crippen molar-refractivity contribution < 1.29 is 9.53 Å². The highest BCUT2D eigenvalue weighted by Gasteiger charge is 2.35. The Labute approximate surface area is 228 Å². The maximum absolute atomic E-state index is 13.0. The zero-order valence-electron chi connectivity index (χ0n) is 22.4. The minimum atomic E-state index is 0.0359. The highest BCUT2D eigenvalue weighted by molar-refractivity contribution is 5.98. The van der Waals surface area contributed by atoms with Gasteiger partial charge in [0.05, 0.1) is 18.0 Å². The van der Waals surface area contributed by atoms with Gasteiger partial charge in [-0.3, -0.25) is 9.69 Å². The summed E-state index contributed by atoms with van der Waals surface area (Å²) in [4.78, 5) is 28.2. The van der Waals surface area contributed by atoms with Crippen LogP contribution in [0.25, 0.3) is 22.3 Å². The second kappa shape index (κ2) is 10.6. The number of nitrogen functional groups attached to an aromatic ring is 1. The lowest BCUT2D eigenvalue weighted by Crippen LogP contribution is -2.54. The Bertz CT molecular complexity index is 1440. The van der Waals surface area contributed by atoms with Crippen LogP contribution in [0.5, 0.6) is 11.5 Å². The number of amides is 1. The summed E-state index contributed by atoms with van der Waals surface area (Å²) in [6.07, 6.45) is 3.67. The molecule has 0 atom stereocenters. The molecule has 2 saturated heterocycles. The van der Waals surface area contributed by atoms with E-state index in [-0.39, 0.29) is 11.9 Å². The number of likely N-dealkylation sites (tertiary alicyclic amines) is 2. The van der Waals surface area contributed by atoms with E-state index in [9.17, 15) is 4.79 Å². The number of nitrogens with zero attached hydrogens (tertiary/aromatic N) is 7. The molecule has 2 aliphatic heterocycles. The van der Waals surface area contributed by atoms with E-state index in [2.05, 4.69) is 33.9 Å². The van der Waals surface area contributed by atoms with Gasteiger partial charge < -0.3 is 20.3 Å². The van der Waals surface area contributed by atoms with Crippen LogP contribution in [0, 0.1) is 0 Å². The van der Waals surface area contributed by atoms with Gasteiger partial charge in [0.25, 0.3) is 0 Å². The number of hydrogen-bond acceptors (Lipinski definition) is 8. The van der Waals surface area contributed by atoms with Crippen molar-refractivity contribution in [3.8, 4) is 22.8 Å². The van der Waals surface area contributed by atoms with E-state index in [0.29, 0.717) is 37.1 Å². The molecule has 0 saturated carbocycles. The molecule has 39 heavy (non-hydrogen) atoms. The number of hydrogen-bond donors (Lipinski definition) is 1. The van der Waals surface area contributed by atoms with E-state index >= 15 is 0 Å². The lowest BCUT2D eigenvalue weighted by atomic mass is 10.0. The van der Waals surface area contributed by atoms with Crippen LogP contribution in [0.4, 0.5) is 5.82 Å². The number of nitrogens with two attached hydrogens (primary N) is 1. The molecule has 4 heterocycles. The second-order valence-electron chi connectivity index (χ2n) is 10.6. The molecule has 0 spiro atoms. The monoisotopic (exact) mass is 526 g/mol. The molecular formula is C29H34N8O2. The minimum absolute atomic E-state index is 0.0359. The SMILES string of the molecule is CN1CCC(N(C)CC(=O)N2CC(n3nc(-c4ccc(Oc5ccccc5)cc4)c4c(N)ncnc43)C2)CC1. The van der Waals surface area contributed by atoms with Gasteiger partial charge in [-0.1, -0.05) is 18.2 Å². The van der Waals surface area contributed by atoms with Gasteiger partial charge in [0.1, 0.15) is 29.3 Å². The molecule has 1 amide bonds. The number of piperidine rings is 1. The highest BCUT2D eigenvalue weighted by atomic mass is 16.5. The second-order valence-corrected chi connectivity index (χ2v) is 10.6. The van der Waals surface area contributed by atoms with Crippen molar-refractivity contribution >= 4 is 22.8 Å². The predicted octanol–water partition coefficient (Wildman–Crippen LogP) is 3.28. The Morgan fingerprint density at radius 1 is 1.03 bits per heavy atom. The van der Waals surface area contributed by atoms with Gasteiger partial charge in [-0.25, -0.2) is 14.6 Å². The van der Waals surface area contributed by atoms with Crippen LogP contribution in [0.15, 0.2) is 60.9 Å². The molecule has 0 radical (unpaired) electrons. The molecule has 10 heteroatoms. The minimum Gasteiger partial charge on any atom is -0.457 e. The molecule has 2 N–H and O–H groups in total. The first-order valence-electron chi connectivity index (χ1n) is 13.4. The molecule has 2 aliphatic rings. The summed E-state index contributed by atoms with van der Waals surface area (Å²) in [5.74, 6) is 2.06. The number of anilines is 1. The highest BCUT2D eigenvalue weighted by Crippen LogP contribution is 2.35. The first-order valence-corrected chi connectivity index (χ1v) is 13.4. The fraction of sp³-hybridized carbons (Fsp3) is 0.379. The topological polar surface area (TPSA) is 106 Å². The largest absolute Gasteiger partial charge is 0.457 e. The quantitative estimate of drug-likeness (QED) is 0.391. The van der Waals surface area contributed by atoms with Crippen LogP contribution in [-0.2, 0) is 4.79 Å². The third-order valence-electron chi connectivity index (χ3n) is 7.88. The van der Waals surface area contributed by atoms with E-state index in [4.69, 9.17) is 15.6 Å². The van der Waals surface area contributed by atoms with Crippen molar-refractivity contribution in [3.05, 3.63) is 60.9 Å². The Morgan fingerprint density at radius 2 is 1.72 bits per heavy atom. The van der Waals surface area contributed by atoms with Gasteiger partial charge in [0.15, 0.2) is 5.65 Å². The molecule has 0 aliphatic carbocycles. The average molecular weight is 527 g/mol. The summed E-state index contributed by atoms with van der Waals surface area (Å²) in [5.41, 5.74) is 8.61. The van der Waals surface area contributed by atoms with E-state index in [1.807, 2.05) is 64.2 Å². The zero-order chi connectivity index (χ0) is 26.9. The molecule has 0 unspecified atom stereocenters. The van der Waals surface area contributed by atoms with Gasteiger partial charge in [-0.15, -0.1) is 0 Å². The summed E-state index contributed by atoms with van der Waals surface area (Å²) in [6, 6.07) is 17.9. The summed E-state index contributed by atoms with van der Waals surface area (Å²) >= 11 is 0. The van der Waals surface area contributed by atoms with E-state index < -0.39 is 0 Å². The molecule has 6 rings (SSSR count). The van der Waals surface area contributed by atoms with Crippen molar-refractivity contribution in [2.75, 3.05) is 52.6 Å². The van der Waals surface area contributed by atoms with E-state index in [1.54, 1.807) is 0 Å². The van der Waals surface area contributed by atoms with Gasteiger partial charge in [0.2, 0.25) is 5.91 Å². The Balaban J connectivity index is 1.16. The Kier molecular flexibility index (Phi) is 6.88. The third kappa shape index (κ3) is 5.17. The van der Waals surface area contributed by atoms with Crippen LogP contribution in [0.1, 0.15) is 18.9 Å². The molecule has 0 bridgehead atoms. The number of ether oxygens (including phenoxy) is 1. The van der Waals surface area contributed by atoms with Crippen LogP contribution in [0.2, 0.25) is 0 Å². The standard InChI is InChI=1S/C29H34N8O2/c1-34-14-12-21(13-15-34)35(2)18-25(38)36-16-22(17-36)37-29-26(28(30)31-19-32-29)27(33-37)20-8-10-24(11-9-20)39-23-6-4-3-5-7-23/h3-11,19,21-22H,12-18H2,1-2H3,(H2,30,31,32). The molecular weight excluding hydrogens is 492 g/mol. The van der Waals surface area contributed by atoms with Gasteiger partial charge in [-0.05, 0) is 76.4 Å². The third-order valence-corrected chi connectivity index (χ3v) is 7.88. The summed E-state index contributed by atoms with van der Waals surface area (Å²) in [5, 5.41) is 5.65. The number of fused-ring (bicyclic) bond motifs is 1. The number of para-hydroxylation sites is 1. The van der Waals surface area contributed by atoms with Crippen molar-refractivity contribution in [2.45, 2.75) is 24.9 Å². The number of carbonyl (C=O) groups excluding carboxylic acids is 1. The maximum Gasteiger partial charge on any atom is 0.236 e. The average Bonchev–Trinajstić information content (AvgIpc) is 3.30. The van der Waals surface area contributed by atoms with Gasteiger partial charge in [-0.2, -0.15) is 5.10 Å². The van der Waals surface area contributed by atoms with Crippen molar-refractivity contribution in [3.63, 3.8) is 0 Å². The lowest BCUT2D eigenvalue weighted by molar-refractivity contribution is -0.138. The smallest absolute Gasteiger partial charge is 0.236 e. The number of aromatic nitrogens is 4. The van der Waals surface area contributed by atoms with Crippen LogP contribution < -0.4 is 10.5 Å². The zero-order valence-corrected chi connectivity index (χ0v) is 22.4. The van der Waals surface area contributed by atoms with Crippen molar-refractivity contribution in [1.82, 2.24) is 34.4 Å². The number of carbonyl (C=O) groups is 1. The molecule has 10 nitrogen and oxygen atoms in total. The number of likely N-dealkylation sites (N-methyl/N-ethyl adjacent to an activating group) is 1. The predicted molar refractivity (Wildman–Crippen MR) is 150 cm³/mol. The summed E-state index contributed by atoms with van der Waals surface area (Å²) < 4.78 is 7.84. The van der Waals surface area contributed by atoms with Crippen molar-refractivity contribution in [2.24, 2.45) is 0 Å². The number of benzene rings is 2. The maximum atomic E-state index is 13.0. The Morgan fingerprint density at radius 3 is 2.44 bits per heavy atom. The van der Waals surface area contributed by atoms with Crippen molar-refractivity contribution in [1.29, 1.82) is 0 Å². The molecule has 202 valence electrons. The van der Waals surface area contributed by atoms with Crippen LogP contribution in [-0.4, -0.2) is 93.2 Å². The lowest BCUT2D eigenvalue weighted by Gasteiger charge is -2.41. The molecule has 4 aromatic rings. The summed E-state index contributed by atoms with van der Waals surface area (Å²) in [6.45, 7) is 3.81. The van der Waals surface area contributed by atoms with Gasteiger partial charge in [0, 0.05) is 24.7 Å². The Hall–Kier alpha value is -4.02. The first-order chi connectivity index (χ1) is 19.0. The summed E-state index contributed by atoms with van der Waals surface area (Å²) in [7, 11) is 4.22. The van der Waals surface area contributed by atoms with E-state index in [0.717, 1.165) is 54.1 Å². The normalized spacial score (nSPS) is 17.1.